The van der Waals surface area contributed by atoms with E-state index in [-0.39, 0.29) is 5.82 Å². The largest absolute Gasteiger partial charge is 0.313 e. The van der Waals surface area contributed by atoms with Gasteiger partial charge in [-0.3, -0.25) is 0 Å². The van der Waals surface area contributed by atoms with Gasteiger partial charge in [0.15, 0.2) is 0 Å². The van der Waals surface area contributed by atoms with Crippen molar-refractivity contribution in [1.29, 1.82) is 0 Å². The van der Waals surface area contributed by atoms with Gasteiger partial charge in [-0.15, -0.1) is 11.8 Å². The summed E-state index contributed by atoms with van der Waals surface area (Å²) in [4.78, 5) is 0.741. The standard InChI is InChI=1S/C14H22FNS/c1-4-7-11(2)16-10-12(3)17-14-9-6-5-8-13(14)15/h5-6,8-9,11-12,16H,4,7,10H2,1-3H3. The molecular weight excluding hydrogens is 233 g/mol. The van der Waals surface area contributed by atoms with Crippen molar-refractivity contribution in [3.8, 4) is 0 Å². The van der Waals surface area contributed by atoms with E-state index in [4.69, 9.17) is 0 Å². The van der Waals surface area contributed by atoms with Crippen molar-refractivity contribution in [2.75, 3.05) is 6.54 Å². The molecule has 2 unspecified atom stereocenters. The van der Waals surface area contributed by atoms with Crippen LogP contribution in [0, 0.1) is 5.82 Å². The number of benzene rings is 1. The zero-order valence-electron chi connectivity index (χ0n) is 10.9. The molecule has 1 rings (SSSR count). The summed E-state index contributed by atoms with van der Waals surface area (Å²) in [5, 5.41) is 3.86. The smallest absolute Gasteiger partial charge is 0.136 e. The summed E-state index contributed by atoms with van der Waals surface area (Å²) in [6.07, 6.45) is 2.39. The summed E-state index contributed by atoms with van der Waals surface area (Å²) in [6, 6.07) is 7.51. The van der Waals surface area contributed by atoms with Gasteiger partial charge in [-0.2, -0.15) is 0 Å². The molecule has 0 fully saturated rings. The molecule has 0 amide bonds. The summed E-state index contributed by atoms with van der Waals surface area (Å²) in [5.41, 5.74) is 0. The van der Waals surface area contributed by atoms with Crippen molar-refractivity contribution in [3.05, 3.63) is 30.1 Å². The predicted molar refractivity (Wildman–Crippen MR) is 74.1 cm³/mol. The lowest BCUT2D eigenvalue weighted by molar-refractivity contribution is 0.511. The Morgan fingerprint density at radius 1 is 1.29 bits per heavy atom. The molecule has 0 aliphatic heterocycles. The lowest BCUT2D eigenvalue weighted by Gasteiger charge is -2.17. The Hall–Kier alpha value is -0.540. The monoisotopic (exact) mass is 255 g/mol. The van der Waals surface area contributed by atoms with Crippen LogP contribution in [0.1, 0.15) is 33.6 Å². The van der Waals surface area contributed by atoms with Gasteiger partial charge in [-0.25, -0.2) is 4.39 Å². The maximum atomic E-state index is 13.4. The molecular formula is C14H22FNS. The van der Waals surface area contributed by atoms with Gasteiger partial charge in [0.2, 0.25) is 0 Å². The fourth-order valence-electron chi connectivity index (χ4n) is 1.70. The Balaban J connectivity index is 2.34. The molecule has 1 aromatic carbocycles. The predicted octanol–water partition coefficient (Wildman–Crippen LogP) is 4.08. The molecule has 0 saturated carbocycles. The molecule has 0 aliphatic rings. The molecule has 0 aromatic heterocycles. The van der Waals surface area contributed by atoms with Crippen LogP contribution < -0.4 is 5.32 Å². The van der Waals surface area contributed by atoms with E-state index in [1.54, 1.807) is 17.8 Å². The van der Waals surface area contributed by atoms with E-state index in [0.717, 1.165) is 11.4 Å². The van der Waals surface area contributed by atoms with Crippen LogP contribution in [0.2, 0.25) is 0 Å². The van der Waals surface area contributed by atoms with Gasteiger partial charge >= 0.3 is 0 Å². The molecule has 0 bridgehead atoms. The Labute approximate surface area is 108 Å². The zero-order chi connectivity index (χ0) is 12.7. The van der Waals surface area contributed by atoms with Crippen LogP contribution in [0.3, 0.4) is 0 Å². The van der Waals surface area contributed by atoms with Gasteiger partial charge < -0.3 is 5.32 Å². The average molecular weight is 255 g/mol. The highest BCUT2D eigenvalue weighted by Crippen LogP contribution is 2.25. The van der Waals surface area contributed by atoms with Crippen LogP contribution in [0.5, 0.6) is 0 Å². The lowest BCUT2D eigenvalue weighted by Crippen LogP contribution is -2.31. The van der Waals surface area contributed by atoms with Crippen LogP contribution >= 0.6 is 11.8 Å². The fraction of sp³-hybridized carbons (Fsp3) is 0.571. The van der Waals surface area contributed by atoms with Gasteiger partial charge in [0.25, 0.3) is 0 Å². The number of hydrogen-bond acceptors (Lipinski definition) is 2. The topological polar surface area (TPSA) is 12.0 Å². The minimum absolute atomic E-state index is 0.119. The van der Waals surface area contributed by atoms with Crippen LogP contribution in [0.4, 0.5) is 4.39 Å². The number of halogens is 1. The zero-order valence-corrected chi connectivity index (χ0v) is 11.7. The molecule has 17 heavy (non-hydrogen) atoms. The second-order valence-corrected chi connectivity index (χ2v) is 5.94. The van der Waals surface area contributed by atoms with E-state index < -0.39 is 0 Å². The second-order valence-electron chi connectivity index (χ2n) is 4.46. The quantitative estimate of drug-likeness (QED) is 0.737. The highest BCUT2D eigenvalue weighted by molar-refractivity contribution is 8.00. The molecule has 0 aliphatic carbocycles. The van der Waals surface area contributed by atoms with Gasteiger partial charge in [0.1, 0.15) is 5.82 Å². The third-order valence-electron chi connectivity index (χ3n) is 2.64. The number of nitrogens with one attached hydrogen (secondary N) is 1. The molecule has 1 nitrogen and oxygen atoms in total. The summed E-state index contributed by atoms with van der Waals surface area (Å²) in [5.74, 6) is -0.119. The van der Waals surface area contributed by atoms with E-state index in [2.05, 4.69) is 26.1 Å². The highest BCUT2D eigenvalue weighted by Gasteiger charge is 2.09. The Kier molecular flexibility index (Phi) is 6.60. The van der Waals surface area contributed by atoms with Crippen molar-refractivity contribution in [2.45, 2.75) is 49.8 Å². The van der Waals surface area contributed by atoms with Crippen molar-refractivity contribution in [2.24, 2.45) is 0 Å². The van der Waals surface area contributed by atoms with Crippen LogP contribution in [0.25, 0.3) is 0 Å². The van der Waals surface area contributed by atoms with Gasteiger partial charge in [0, 0.05) is 22.7 Å². The van der Waals surface area contributed by atoms with Crippen molar-refractivity contribution < 1.29 is 4.39 Å². The van der Waals surface area contributed by atoms with E-state index >= 15 is 0 Å². The third kappa shape index (κ3) is 5.55. The maximum absolute atomic E-state index is 13.4. The maximum Gasteiger partial charge on any atom is 0.136 e. The molecule has 1 N–H and O–H groups in total. The second kappa shape index (κ2) is 7.72. The summed E-state index contributed by atoms with van der Waals surface area (Å²) in [7, 11) is 0. The third-order valence-corrected chi connectivity index (χ3v) is 3.79. The summed E-state index contributed by atoms with van der Waals surface area (Å²) in [6.45, 7) is 7.43. The first-order valence-electron chi connectivity index (χ1n) is 6.28. The SMILES string of the molecule is CCCC(C)NCC(C)Sc1ccccc1F. The van der Waals surface area contributed by atoms with Crippen molar-refractivity contribution in [3.63, 3.8) is 0 Å². The minimum atomic E-state index is -0.119. The Morgan fingerprint density at radius 2 is 2.00 bits per heavy atom. The van der Waals surface area contributed by atoms with E-state index in [0.29, 0.717) is 11.3 Å². The van der Waals surface area contributed by atoms with E-state index in [9.17, 15) is 4.39 Å². The molecule has 0 spiro atoms. The summed E-state index contributed by atoms with van der Waals surface area (Å²) >= 11 is 1.59. The van der Waals surface area contributed by atoms with Gasteiger partial charge in [0.05, 0.1) is 0 Å². The first-order valence-corrected chi connectivity index (χ1v) is 7.16. The first-order chi connectivity index (χ1) is 8.13. The Bertz CT molecular complexity index is 330. The van der Waals surface area contributed by atoms with Crippen LogP contribution in [-0.2, 0) is 0 Å². The normalized spacial score (nSPS) is 14.6. The van der Waals surface area contributed by atoms with E-state index in [1.807, 2.05) is 12.1 Å². The van der Waals surface area contributed by atoms with Crippen molar-refractivity contribution >= 4 is 11.8 Å². The Morgan fingerprint density at radius 3 is 2.65 bits per heavy atom. The summed E-state index contributed by atoms with van der Waals surface area (Å²) < 4.78 is 13.4. The lowest BCUT2D eigenvalue weighted by atomic mass is 10.2. The van der Waals surface area contributed by atoms with Gasteiger partial charge in [-0.05, 0) is 25.5 Å². The molecule has 2 atom stereocenters. The first kappa shape index (κ1) is 14.5. The highest BCUT2D eigenvalue weighted by atomic mass is 32.2. The minimum Gasteiger partial charge on any atom is -0.313 e. The molecule has 3 heteroatoms. The number of hydrogen-bond donors (Lipinski definition) is 1. The fourth-order valence-corrected chi connectivity index (χ4v) is 2.65. The number of rotatable bonds is 7. The van der Waals surface area contributed by atoms with Crippen LogP contribution in [0.15, 0.2) is 29.2 Å². The molecule has 96 valence electrons. The molecule has 0 radical (unpaired) electrons. The molecule has 1 aromatic rings. The van der Waals surface area contributed by atoms with E-state index in [1.165, 1.54) is 18.9 Å². The van der Waals surface area contributed by atoms with Crippen LogP contribution in [-0.4, -0.2) is 17.8 Å². The molecule has 0 saturated heterocycles. The average Bonchev–Trinajstić information content (AvgIpc) is 2.30. The number of thioether (sulfide) groups is 1. The van der Waals surface area contributed by atoms with Crippen molar-refractivity contribution in [1.82, 2.24) is 5.32 Å². The molecule has 0 heterocycles. The van der Waals surface area contributed by atoms with Gasteiger partial charge in [-0.1, -0.05) is 32.4 Å².